The maximum atomic E-state index is 11.0. The molecule has 0 aliphatic carbocycles. The van der Waals surface area contributed by atoms with Gasteiger partial charge in [-0.2, -0.15) is 0 Å². The van der Waals surface area contributed by atoms with Gasteiger partial charge < -0.3 is 9.64 Å². The number of morpholine rings is 1. The molecule has 1 aliphatic rings. The molecule has 2 heterocycles. The normalized spacial score (nSPS) is 15.8. The Morgan fingerprint density at radius 2 is 2.23 bits per heavy atom. The fourth-order valence-corrected chi connectivity index (χ4v) is 2.72. The molecule has 1 saturated heterocycles. The molecule has 1 fully saturated rings. The van der Waals surface area contributed by atoms with Gasteiger partial charge in [-0.25, -0.2) is 9.98 Å². The second-order valence-electron chi connectivity index (χ2n) is 4.66. The number of non-ortho nitro benzene ring substituents is 1. The summed E-state index contributed by atoms with van der Waals surface area (Å²) in [6.07, 6.45) is 1.69. The van der Waals surface area contributed by atoms with Gasteiger partial charge in [0.25, 0.3) is 5.69 Å². The number of rotatable bonds is 3. The van der Waals surface area contributed by atoms with Crippen molar-refractivity contribution < 1.29 is 9.66 Å². The number of nitro groups is 1. The smallest absolute Gasteiger partial charge is 0.270 e. The lowest BCUT2D eigenvalue weighted by Crippen LogP contribution is -2.41. The minimum atomic E-state index is -0.399. The number of aliphatic imine (C=N–C) groups is 1. The second-order valence-corrected chi connectivity index (χ2v) is 5.53. The van der Waals surface area contributed by atoms with Crippen LogP contribution >= 0.6 is 11.3 Å². The first-order chi connectivity index (χ1) is 10.7. The van der Waals surface area contributed by atoms with Gasteiger partial charge in [0.15, 0.2) is 0 Å². The number of thiazole rings is 1. The third-order valence-corrected chi connectivity index (χ3v) is 3.91. The molecule has 114 valence electrons. The van der Waals surface area contributed by atoms with Crippen LogP contribution in [0.1, 0.15) is 5.56 Å². The number of hydrogen-bond donors (Lipinski definition) is 0. The Balaban J connectivity index is 2.01. The SMILES string of the molecule is O=[N+]([O-])c1cccc(/C(=N/c2nccs2)N2CCOCC2)c1. The van der Waals surface area contributed by atoms with E-state index >= 15 is 0 Å². The molecule has 7 nitrogen and oxygen atoms in total. The molecule has 0 unspecified atom stereocenters. The van der Waals surface area contributed by atoms with Crippen LogP contribution in [0, 0.1) is 10.1 Å². The van der Waals surface area contributed by atoms with E-state index in [9.17, 15) is 10.1 Å². The Morgan fingerprint density at radius 1 is 1.41 bits per heavy atom. The number of aromatic nitrogens is 1. The number of benzene rings is 1. The highest BCUT2D eigenvalue weighted by Crippen LogP contribution is 2.21. The lowest BCUT2D eigenvalue weighted by Gasteiger charge is -2.29. The number of hydrogen-bond acceptors (Lipinski definition) is 6. The maximum absolute atomic E-state index is 11.0. The van der Waals surface area contributed by atoms with Gasteiger partial charge in [-0.1, -0.05) is 12.1 Å². The average molecular weight is 318 g/mol. The van der Waals surface area contributed by atoms with Crippen molar-refractivity contribution in [2.75, 3.05) is 26.3 Å². The molecule has 22 heavy (non-hydrogen) atoms. The Morgan fingerprint density at radius 3 is 2.91 bits per heavy atom. The number of ether oxygens (including phenoxy) is 1. The number of amidine groups is 1. The Hall–Kier alpha value is -2.32. The van der Waals surface area contributed by atoms with Crippen LogP contribution in [0.2, 0.25) is 0 Å². The number of nitrogens with zero attached hydrogens (tertiary/aromatic N) is 4. The van der Waals surface area contributed by atoms with E-state index in [-0.39, 0.29) is 5.69 Å². The summed E-state index contributed by atoms with van der Waals surface area (Å²) in [4.78, 5) is 21.4. The molecule has 0 radical (unpaired) electrons. The van der Waals surface area contributed by atoms with Crippen LogP contribution in [0.5, 0.6) is 0 Å². The van der Waals surface area contributed by atoms with E-state index in [1.54, 1.807) is 18.3 Å². The average Bonchev–Trinajstić information content (AvgIpc) is 3.07. The highest BCUT2D eigenvalue weighted by Gasteiger charge is 2.19. The summed E-state index contributed by atoms with van der Waals surface area (Å²) >= 11 is 1.43. The van der Waals surface area contributed by atoms with Crippen molar-refractivity contribution in [3.63, 3.8) is 0 Å². The monoisotopic (exact) mass is 318 g/mol. The predicted octanol–water partition coefficient (Wildman–Crippen LogP) is 2.46. The Labute approximate surface area is 131 Å². The van der Waals surface area contributed by atoms with Crippen LogP contribution in [0.25, 0.3) is 0 Å². The molecule has 3 rings (SSSR count). The second kappa shape index (κ2) is 6.63. The van der Waals surface area contributed by atoms with Crippen molar-refractivity contribution in [3.05, 3.63) is 51.5 Å². The summed E-state index contributed by atoms with van der Waals surface area (Å²) in [5.41, 5.74) is 0.767. The summed E-state index contributed by atoms with van der Waals surface area (Å²) in [5.74, 6) is 0.696. The highest BCUT2D eigenvalue weighted by atomic mass is 32.1. The van der Waals surface area contributed by atoms with Crippen molar-refractivity contribution in [3.8, 4) is 0 Å². The van der Waals surface area contributed by atoms with Gasteiger partial charge in [0.1, 0.15) is 5.84 Å². The molecule has 1 aromatic carbocycles. The van der Waals surface area contributed by atoms with Gasteiger partial charge in [0, 0.05) is 42.4 Å². The van der Waals surface area contributed by atoms with Gasteiger partial charge in [0.05, 0.1) is 18.1 Å². The van der Waals surface area contributed by atoms with Gasteiger partial charge in [-0.3, -0.25) is 10.1 Å². The van der Waals surface area contributed by atoms with E-state index < -0.39 is 4.92 Å². The fourth-order valence-electron chi connectivity index (χ4n) is 2.21. The van der Waals surface area contributed by atoms with Gasteiger partial charge in [-0.05, 0) is 0 Å². The van der Waals surface area contributed by atoms with E-state index in [2.05, 4.69) is 14.9 Å². The van der Waals surface area contributed by atoms with E-state index in [0.29, 0.717) is 42.8 Å². The molecular formula is C14H14N4O3S. The van der Waals surface area contributed by atoms with Crippen molar-refractivity contribution in [2.24, 2.45) is 4.99 Å². The van der Waals surface area contributed by atoms with Crippen molar-refractivity contribution in [2.45, 2.75) is 0 Å². The summed E-state index contributed by atoms with van der Waals surface area (Å²) in [7, 11) is 0. The zero-order valence-electron chi connectivity index (χ0n) is 11.7. The van der Waals surface area contributed by atoms with Crippen LogP contribution in [-0.2, 0) is 4.74 Å². The van der Waals surface area contributed by atoms with Gasteiger partial charge >= 0.3 is 0 Å². The van der Waals surface area contributed by atoms with Crippen molar-refractivity contribution in [1.82, 2.24) is 9.88 Å². The maximum Gasteiger partial charge on any atom is 0.270 e. The van der Waals surface area contributed by atoms with Crippen molar-refractivity contribution in [1.29, 1.82) is 0 Å². The molecule has 1 aliphatic heterocycles. The minimum absolute atomic E-state index is 0.0533. The highest BCUT2D eigenvalue weighted by molar-refractivity contribution is 7.13. The first kappa shape index (κ1) is 14.6. The van der Waals surface area contributed by atoms with Crippen LogP contribution in [0.15, 0.2) is 40.8 Å². The summed E-state index contributed by atoms with van der Waals surface area (Å²) in [5, 5.41) is 13.5. The molecule has 0 amide bonds. The Kier molecular flexibility index (Phi) is 4.40. The van der Waals surface area contributed by atoms with Gasteiger partial charge in [-0.15, -0.1) is 11.3 Å². The molecule has 0 spiro atoms. The standard InChI is InChI=1S/C14H14N4O3S/c19-18(20)12-3-1-2-11(10-12)13(16-14-15-4-9-22-14)17-5-7-21-8-6-17/h1-4,9-10H,5-8H2/b16-13-. The van der Waals surface area contributed by atoms with Crippen LogP contribution < -0.4 is 0 Å². The zero-order chi connectivity index (χ0) is 15.4. The minimum Gasteiger partial charge on any atom is -0.378 e. The summed E-state index contributed by atoms with van der Waals surface area (Å²) in [6.45, 7) is 2.64. The largest absolute Gasteiger partial charge is 0.378 e. The lowest BCUT2D eigenvalue weighted by molar-refractivity contribution is -0.384. The van der Waals surface area contributed by atoms with E-state index in [4.69, 9.17) is 4.74 Å². The van der Waals surface area contributed by atoms with Crippen LogP contribution in [0.4, 0.5) is 10.8 Å². The molecule has 2 aromatic rings. The number of nitro benzene ring substituents is 1. The third kappa shape index (κ3) is 3.29. The summed E-state index contributed by atoms with van der Waals surface area (Å²) < 4.78 is 5.36. The summed E-state index contributed by atoms with van der Waals surface area (Å²) in [6, 6.07) is 6.52. The zero-order valence-corrected chi connectivity index (χ0v) is 12.5. The molecule has 1 aromatic heterocycles. The lowest BCUT2D eigenvalue weighted by atomic mass is 10.1. The fraction of sp³-hybridized carbons (Fsp3) is 0.286. The quantitative estimate of drug-likeness (QED) is 0.376. The topological polar surface area (TPSA) is 80.9 Å². The van der Waals surface area contributed by atoms with Gasteiger partial charge in [0.2, 0.25) is 5.13 Å². The molecular weight excluding hydrogens is 304 g/mol. The molecule has 0 bridgehead atoms. The van der Waals surface area contributed by atoms with Crippen LogP contribution in [-0.4, -0.2) is 46.9 Å². The first-order valence-corrected chi connectivity index (χ1v) is 7.68. The Bertz CT molecular complexity index is 681. The molecule has 8 heteroatoms. The first-order valence-electron chi connectivity index (χ1n) is 6.80. The molecule has 0 atom stereocenters. The molecule has 0 N–H and O–H groups in total. The molecule has 0 saturated carbocycles. The van der Waals surface area contributed by atoms with Crippen LogP contribution in [0.3, 0.4) is 0 Å². The third-order valence-electron chi connectivity index (χ3n) is 3.25. The van der Waals surface area contributed by atoms with E-state index in [1.807, 2.05) is 11.4 Å². The van der Waals surface area contributed by atoms with E-state index in [0.717, 1.165) is 0 Å². The predicted molar refractivity (Wildman–Crippen MR) is 83.8 cm³/mol. The van der Waals surface area contributed by atoms with E-state index in [1.165, 1.54) is 17.4 Å². The van der Waals surface area contributed by atoms with Crippen molar-refractivity contribution >= 4 is 28.0 Å².